The molecule has 0 aromatic rings. The third-order valence-electron chi connectivity index (χ3n) is 1.76. The summed E-state index contributed by atoms with van der Waals surface area (Å²) in [5.74, 6) is 0.310. The van der Waals surface area contributed by atoms with Crippen LogP contribution in [0.1, 0.15) is 33.1 Å². The molecule has 0 aromatic carbocycles. The number of carbonyl (C=O) groups excluding carboxylic acids is 1. The summed E-state index contributed by atoms with van der Waals surface area (Å²) < 4.78 is 0. The van der Waals surface area contributed by atoms with Crippen molar-refractivity contribution in [2.24, 2.45) is 4.99 Å². The van der Waals surface area contributed by atoms with Gasteiger partial charge >= 0.3 is 0 Å². The standard InChI is InChI=1S/C9H13BNO/c1-3-4-9(12)5-8-6-11-7(2)10-8/h6H,3-5H2,1-2H3. The predicted molar refractivity (Wildman–Crippen MR) is 51.5 cm³/mol. The number of hydrogen-bond donors (Lipinski definition) is 0. The zero-order valence-electron chi connectivity index (χ0n) is 7.63. The Labute approximate surface area is 74.0 Å². The van der Waals surface area contributed by atoms with E-state index < -0.39 is 0 Å². The van der Waals surface area contributed by atoms with Crippen molar-refractivity contribution in [3.05, 3.63) is 11.7 Å². The fourth-order valence-corrected chi connectivity index (χ4v) is 1.22. The monoisotopic (exact) mass is 162 g/mol. The normalized spacial score (nSPS) is 15.2. The van der Waals surface area contributed by atoms with Crippen LogP contribution >= 0.6 is 0 Å². The Balaban J connectivity index is 2.30. The second-order valence-corrected chi connectivity index (χ2v) is 3.08. The summed E-state index contributed by atoms with van der Waals surface area (Å²) in [7, 11) is 1.97. The average molecular weight is 162 g/mol. The van der Waals surface area contributed by atoms with Gasteiger partial charge in [0.15, 0.2) is 0 Å². The van der Waals surface area contributed by atoms with E-state index in [9.17, 15) is 4.79 Å². The van der Waals surface area contributed by atoms with Crippen molar-refractivity contribution >= 4 is 18.7 Å². The summed E-state index contributed by atoms with van der Waals surface area (Å²) in [5.41, 5.74) is 2.04. The second-order valence-electron chi connectivity index (χ2n) is 3.08. The molecular weight excluding hydrogens is 149 g/mol. The molecule has 0 spiro atoms. The molecule has 1 rings (SSSR count). The van der Waals surface area contributed by atoms with Crippen LogP contribution in [0.3, 0.4) is 0 Å². The van der Waals surface area contributed by atoms with Crippen LogP contribution in [-0.4, -0.2) is 18.7 Å². The molecule has 0 fully saturated rings. The highest BCUT2D eigenvalue weighted by Gasteiger charge is 2.11. The van der Waals surface area contributed by atoms with E-state index in [4.69, 9.17) is 0 Å². The van der Waals surface area contributed by atoms with E-state index >= 15 is 0 Å². The fourth-order valence-electron chi connectivity index (χ4n) is 1.22. The third-order valence-corrected chi connectivity index (χ3v) is 1.76. The lowest BCUT2D eigenvalue weighted by Crippen LogP contribution is -2.07. The molecule has 0 aliphatic carbocycles. The number of Topliss-reactive ketones (excluding diaryl/α,β-unsaturated/α-hetero) is 1. The topological polar surface area (TPSA) is 29.4 Å². The van der Waals surface area contributed by atoms with Crippen LogP contribution in [0.2, 0.25) is 0 Å². The summed E-state index contributed by atoms with van der Waals surface area (Å²) in [6, 6.07) is 0. The lowest BCUT2D eigenvalue weighted by Gasteiger charge is -1.98. The lowest BCUT2D eigenvalue weighted by atomic mass is 9.66. The van der Waals surface area contributed by atoms with Crippen molar-refractivity contribution in [1.29, 1.82) is 0 Å². The number of aliphatic imine (C=N–C) groups is 1. The van der Waals surface area contributed by atoms with Crippen LogP contribution in [0.15, 0.2) is 16.7 Å². The zero-order valence-corrected chi connectivity index (χ0v) is 7.63. The Morgan fingerprint density at radius 3 is 2.92 bits per heavy atom. The first-order valence-electron chi connectivity index (χ1n) is 4.32. The van der Waals surface area contributed by atoms with Crippen molar-refractivity contribution in [2.75, 3.05) is 0 Å². The molecule has 0 saturated carbocycles. The van der Waals surface area contributed by atoms with Crippen LogP contribution in [-0.2, 0) is 4.79 Å². The van der Waals surface area contributed by atoms with E-state index in [-0.39, 0.29) is 0 Å². The van der Waals surface area contributed by atoms with Crippen molar-refractivity contribution in [3.8, 4) is 0 Å². The number of nitrogens with zero attached hydrogens (tertiary/aromatic N) is 1. The molecule has 0 N–H and O–H groups in total. The van der Waals surface area contributed by atoms with Crippen molar-refractivity contribution in [3.63, 3.8) is 0 Å². The lowest BCUT2D eigenvalue weighted by molar-refractivity contribution is -0.118. The van der Waals surface area contributed by atoms with Gasteiger partial charge in [-0.1, -0.05) is 12.4 Å². The highest BCUT2D eigenvalue weighted by Crippen LogP contribution is 2.09. The number of allylic oxidation sites excluding steroid dienone is 1. The van der Waals surface area contributed by atoms with Crippen LogP contribution in [0.25, 0.3) is 0 Å². The maximum absolute atomic E-state index is 11.2. The van der Waals surface area contributed by atoms with Gasteiger partial charge in [0.2, 0.25) is 7.28 Å². The van der Waals surface area contributed by atoms with Gasteiger partial charge in [-0.25, -0.2) is 0 Å². The predicted octanol–water partition coefficient (Wildman–Crippen LogP) is 1.72. The van der Waals surface area contributed by atoms with Gasteiger partial charge in [0.1, 0.15) is 5.78 Å². The molecule has 1 aliphatic rings. The first-order valence-corrected chi connectivity index (χ1v) is 4.32. The highest BCUT2D eigenvalue weighted by molar-refractivity contribution is 6.81. The van der Waals surface area contributed by atoms with Gasteiger partial charge in [-0.15, -0.1) is 0 Å². The van der Waals surface area contributed by atoms with Crippen LogP contribution in [0.4, 0.5) is 0 Å². The quantitative estimate of drug-likeness (QED) is 0.578. The average Bonchev–Trinajstić information content (AvgIpc) is 2.36. The number of rotatable bonds is 4. The molecule has 0 aromatic heterocycles. The summed E-state index contributed by atoms with van der Waals surface area (Å²) in [6.07, 6.45) is 3.95. The fraction of sp³-hybridized carbons (Fsp3) is 0.556. The third kappa shape index (κ3) is 2.64. The summed E-state index contributed by atoms with van der Waals surface area (Å²) in [4.78, 5) is 15.3. The van der Waals surface area contributed by atoms with E-state index in [1.54, 1.807) is 6.20 Å². The Bertz CT molecular complexity index is 243. The zero-order chi connectivity index (χ0) is 8.97. The Hall–Kier alpha value is -0.855. The van der Waals surface area contributed by atoms with E-state index in [1.807, 2.05) is 21.1 Å². The first-order chi connectivity index (χ1) is 5.72. The first kappa shape index (κ1) is 9.23. The smallest absolute Gasteiger partial charge is 0.207 e. The highest BCUT2D eigenvalue weighted by atomic mass is 16.1. The molecule has 63 valence electrons. The van der Waals surface area contributed by atoms with Crippen LogP contribution in [0.5, 0.6) is 0 Å². The molecule has 2 nitrogen and oxygen atoms in total. The number of ketones is 1. The molecule has 0 amide bonds. The van der Waals surface area contributed by atoms with Crippen LogP contribution in [0, 0.1) is 0 Å². The van der Waals surface area contributed by atoms with Crippen LogP contribution < -0.4 is 0 Å². The number of carbonyl (C=O) groups is 1. The van der Waals surface area contributed by atoms with Crippen molar-refractivity contribution in [2.45, 2.75) is 33.1 Å². The summed E-state index contributed by atoms with van der Waals surface area (Å²) in [5, 5.41) is 0. The van der Waals surface area contributed by atoms with E-state index in [0.717, 1.165) is 17.5 Å². The molecule has 1 heterocycles. The Morgan fingerprint density at radius 1 is 1.67 bits per heavy atom. The van der Waals surface area contributed by atoms with Crippen molar-refractivity contribution in [1.82, 2.24) is 0 Å². The maximum Gasteiger partial charge on any atom is 0.207 e. The maximum atomic E-state index is 11.2. The molecule has 12 heavy (non-hydrogen) atoms. The molecule has 0 bridgehead atoms. The van der Waals surface area contributed by atoms with Gasteiger partial charge in [-0.05, 0) is 19.0 Å². The number of hydrogen-bond acceptors (Lipinski definition) is 2. The molecule has 0 unspecified atom stereocenters. The van der Waals surface area contributed by atoms with Gasteiger partial charge in [-0.3, -0.25) is 9.79 Å². The summed E-state index contributed by atoms with van der Waals surface area (Å²) in [6.45, 7) is 3.96. The van der Waals surface area contributed by atoms with Gasteiger partial charge in [0.05, 0.1) is 0 Å². The van der Waals surface area contributed by atoms with E-state index in [0.29, 0.717) is 18.6 Å². The minimum atomic E-state index is 0.310. The van der Waals surface area contributed by atoms with E-state index in [1.165, 1.54) is 0 Å². The Morgan fingerprint density at radius 2 is 2.42 bits per heavy atom. The largest absolute Gasteiger partial charge is 0.299 e. The summed E-state index contributed by atoms with van der Waals surface area (Å²) >= 11 is 0. The molecule has 1 aliphatic heterocycles. The van der Waals surface area contributed by atoms with Gasteiger partial charge < -0.3 is 0 Å². The molecule has 3 heteroatoms. The van der Waals surface area contributed by atoms with Crippen molar-refractivity contribution < 1.29 is 4.79 Å². The molecule has 0 atom stereocenters. The SMILES string of the molecule is CCCC(=O)CC1=CN=C(C)[B]1. The Kier molecular flexibility index (Phi) is 3.26. The molecule has 0 saturated heterocycles. The molecule has 1 radical (unpaired) electrons. The second kappa shape index (κ2) is 4.24. The van der Waals surface area contributed by atoms with Gasteiger partial charge in [0.25, 0.3) is 0 Å². The van der Waals surface area contributed by atoms with Gasteiger partial charge in [-0.2, -0.15) is 0 Å². The molecular formula is C9H13BNO. The minimum Gasteiger partial charge on any atom is -0.299 e. The minimum absolute atomic E-state index is 0.310. The van der Waals surface area contributed by atoms with E-state index in [2.05, 4.69) is 4.99 Å². The van der Waals surface area contributed by atoms with Gasteiger partial charge in [0, 0.05) is 19.0 Å².